The van der Waals surface area contributed by atoms with Crippen molar-refractivity contribution in [1.29, 1.82) is 0 Å². The quantitative estimate of drug-likeness (QED) is 0.876. The number of aryl methyl sites for hydroxylation is 1. The van der Waals surface area contributed by atoms with Gasteiger partial charge in [-0.25, -0.2) is 8.42 Å². The first-order valence-corrected chi connectivity index (χ1v) is 9.25. The summed E-state index contributed by atoms with van der Waals surface area (Å²) in [4.78, 5) is 12.5. The summed E-state index contributed by atoms with van der Waals surface area (Å²) in [5.74, 6) is -0.0724. The predicted octanol–water partition coefficient (Wildman–Crippen LogP) is 1.86. The largest absolute Gasteiger partial charge is 0.347 e. The standard InChI is InChI=1S/C14H15BrN2O3S/c1-17-11-5-3-2-4-10(11)12(15)13(17)14(18)16-9-6-7-21(19,20)8-9/h2-5,9H,6-8H2,1H3,(H,16,18). The van der Waals surface area contributed by atoms with Crippen LogP contribution in [-0.2, 0) is 16.9 Å². The van der Waals surface area contributed by atoms with E-state index in [1.165, 1.54) is 0 Å². The van der Waals surface area contributed by atoms with E-state index in [9.17, 15) is 13.2 Å². The SMILES string of the molecule is Cn1c(C(=O)NC2CCS(=O)(=O)C2)c(Br)c2ccccc21. The summed E-state index contributed by atoms with van der Waals surface area (Å²) in [6.45, 7) is 0. The molecule has 21 heavy (non-hydrogen) atoms. The van der Waals surface area contributed by atoms with Crippen molar-refractivity contribution < 1.29 is 13.2 Å². The maximum absolute atomic E-state index is 12.5. The minimum absolute atomic E-state index is 0.0281. The lowest BCUT2D eigenvalue weighted by Gasteiger charge is -2.12. The van der Waals surface area contributed by atoms with Crippen LogP contribution in [-0.4, -0.2) is 36.4 Å². The van der Waals surface area contributed by atoms with Gasteiger partial charge in [0.2, 0.25) is 0 Å². The number of hydrogen-bond acceptors (Lipinski definition) is 3. The van der Waals surface area contributed by atoms with E-state index >= 15 is 0 Å². The fourth-order valence-corrected chi connectivity index (χ4v) is 5.22. The van der Waals surface area contributed by atoms with Crippen LogP contribution in [0.2, 0.25) is 0 Å². The molecule has 1 aliphatic rings. The molecule has 1 unspecified atom stereocenters. The van der Waals surface area contributed by atoms with E-state index in [-0.39, 0.29) is 23.5 Å². The van der Waals surface area contributed by atoms with E-state index in [1.807, 2.05) is 35.9 Å². The minimum atomic E-state index is -3.00. The topological polar surface area (TPSA) is 68.2 Å². The molecule has 0 radical (unpaired) electrons. The summed E-state index contributed by atoms with van der Waals surface area (Å²) in [6, 6.07) is 7.42. The normalized spacial score (nSPS) is 20.8. The van der Waals surface area contributed by atoms with Gasteiger partial charge in [0.25, 0.3) is 5.91 Å². The molecule has 0 aliphatic carbocycles. The Hall–Kier alpha value is -1.34. The molecule has 2 aromatic rings. The van der Waals surface area contributed by atoms with Crippen molar-refractivity contribution in [2.24, 2.45) is 7.05 Å². The van der Waals surface area contributed by atoms with Gasteiger partial charge in [0, 0.05) is 24.0 Å². The number of rotatable bonds is 2. The minimum Gasteiger partial charge on any atom is -0.347 e. The molecule has 1 aromatic carbocycles. The number of sulfone groups is 1. The highest BCUT2D eigenvalue weighted by molar-refractivity contribution is 9.10. The smallest absolute Gasteiger partial charge is 0.269 e. The number of nitrogens with zero attached hydrogens (tertiary/aromatic N) is 1. The molecule has 0 saturated carbocycles. The monoisotopic (exact) mass is 370 g/mol. The Morgan fingerprint density at radius 1 is 1.38 bits per heavy atom. The van der Waals surface area contributed by atoms with Crippen molar-refractivity contribution in [3.05, 3.63) is 34.4 Å². The molecule has 1 atom stereocenters. The molecule has 1 aromatic heterocycles. The van der Waals surface area contributed by atoms with Crippen LogP contribution in [0.15, 0.2) is 28.7 Å². The first kappa shape index (κ1) is 14.6. The molecule has 0 spiro atoms. The summed E-state index contributed by atoms with van der Waals surface area (Å²) >= 11 is 3.48. The highest BCUT2D eigenvalue weighted by Gasteiger charge is 2.30. The van der Waals surface area contributed by atoms with Crippen molar-refractivity contribution in [3.8, 4) is 0 Å². The number of para-hydroxylation sites is 1. The van der Waals surface area contributed by atoms with Gasteiger partial charge >= 0.3 is 0 Å². The van der Waals surface area contributed by atoms with Crippen LogP contribution >= 0.6 is 15.9 Å². The molecular formula is C14H15BrN2O3S. The Labute approximate surface area is 131 Å². The lowest BCUT2D eigenvalue weighted by atomic mass is 10.2. The predicted molar refractivity (Wildman–Crippen MR) is 85.1 cm³/mol. The Morgan fingerprint density at radius 3 is 2.71 bits per heavy atom. The molecule has 1 fully saturated rings. The number of fused-ring (bicyclic) bond motifs is 1. The molecule has 1 saturated heterocycles. The van der Waals surface area contributed by atoms with Crippen LogP contribution in [0, 0.1) is 0 Å². The maximum atomic E-state index is 12.5. The van der Waals surface area contributed by atoms with Crippen molar-refractivity contribution in [2.45, 2.75) is 12.5 Å². The summed E-state index contributed by atoms with van der Waals surface area (Å²) in [5.41, 5.74) is 1.47. The molecular weight excluding hydrogens is 356 g/mol. The summed E-state index contributed by atoms with van der Waals surface area (Å²) < 4.78 is 25.5. The van der Waals surface area contributed by atoms with Gasteiger partial charge in [-0.2, -0.15) is 0 Å². The van der Waals surface area contributed by atoms with Gasteiger partial charge in [-0.1, -0.05) is 18.2 Å². The fourth-order valence-electron chi connectivity index (χ4n) is 2.76. The van der Waals surface area contributed by atoms with Gasteiger partial charge in [0.05, 0.1) is 16.0 Å². The number of benzene rings is 1. The second-order valence-electron chi connectivity index (χ2n) is 5.31. The first-order chi connectivity index (χ1) is 9.89. The van der Waals surface area contributed by atoms with E-state index in [2.05, 4.69) is 21.2 Å². The zero-order valence-electron chi connectivity index (χ0n) is 11.5. The van der Waals surface area contributed by atoms with Crippen LogP contribution in [0.5, 0.6) is 0 Å². The third-order valence-corrected chi connectivity index (χ3v) is 6.40. The molecule has 3 rings (SSSR count). The van der Waals surface area contributed by atoms with Crippen LogP contribution in [0.3, 0.4) is 0 Å². The van der Waals surface area contributed by atoms with Crippen LogP contribution in [0.4, 0.5) is 0 Å². The van der Waals surface area contributed by atoms with E-state index < -0.39 is 9.84 Å². The highest BCUT2D eigenvalue weighted by atomic mass is 79.9. The molecule has 2 heterocycles. The summed E-state index contributed by atoms with van der Waals surface area (Å²) in [6.07, 6.45) is 0.482. The summed E-state index contributed by atoms with van der Waals surface area (Å²) in [7, 11) is -1.17. The molecule has 1 aliphatic heterocycles. The Bertz CT molecular complexity index is 787. The third-order valence-electron chi connectivity index (χ3n) is 3.83. The molecule has 5 nitrogen and oxygen atoms in total. The van der Waals surface area contributed by atoms with Crippen molar-refractivity contribution >= 4 is 42.6 Å². The van der Waals surface area contributed by atoms with Crippen molar-refractivity contribution in [3.63, 3.8) is 0 Å². The maximum Gasteiger partial charge on any atom is 0.269 e. The number of halogens is 1. The zero-order chi connectivity index (χ0) is 15.2. The van der Waals surface area contributed by atoms with Crippen molar-refractivity contribution in [2.75, 3.05) is 11.5 Å². The molecule has 112 valence electrons. The lowest BCUT2D eigenvalue weighted by molar-refractivity contribution is 0.0932. The van der Waals surface area contributed by atoms with Gasteiger partial charge < -0.3 is 9.88 Å². The number of hydrogen-bond donors (Lipinski definition) is 1. The first-order valence-electron chi connectivity index (χ1n) is 6.63. The Balaban J connectivity index is 1.92. The third kappa shape index (κ3) is 2.60. The van der Waals surface area contributed by atoms with Gasteiger partial charge in [-0.15, -0.1) is 0 Å². The Kier molecular flexibility index (Phi) is 3.57. The fraction of sp³-hybridized carbons (Fsp3) is 0.357. The van der Waals surface area contributed by atoms with E-state index in [1.54, 1.807) is 0 Å². The second-order valence-corrected chi connectivity index (χ2v) is 8.33. The van der Waals surface area contributed by atoms with E-state index in [0.717, 1.165) is 15.4 Å². The second kappa shape index (κ2) is 5.14. The van der Waals surface area contributed by atoms with Crippen LogP contribution < -0.4 is 5.32 Å². The van der Waals surface area contributed by atoms with Gasteiger partial charge in [-0.05, 0) is 28.4 Å². The van der Waals surface area contributed by atoms with Crippen LogP contribution in [0.25, 0.3) is 10.9 Å². The number of nitrogens with one attached hydrogen (secondary N) is 1. The molecule has 0 bridgehead atoms. The van der Waals surface area contributed by atoms with Gasteiger partial charge in [-0.3, -0.25) is 4.79 Å². The highest BCUT2D eigenvalue weighted by Crippen LogP contribution is 2.30. The lowest BCUT2D eigenvalue weighted by Crippen LogP contribution is -2.36. The number of aromatic nitrogens is 1. The van der Waals surface area contributed by atoms with E-state index in [0.29, 0.717) is 12.1 Å². The van der Waals surface area contributed by atoms with E-state index in [4.69, 9.17) is 0 Å². The van der Waals surface area contributed by atoms with Crippen LogP contribution in [0.1, 0.15) is 16.9 Å². The van der Waals surface area contributed by atoms with Crippen molar-refractivity contribution in [1.82, 2.24) is 9.88 Å². The Morgan fingerprint density at radius 2 is 2.10 bits per heavy atom. The molecule has 1 N–H and O–H groups in total. The van der Waals surface area contributed by atoms with Gasteiger partial charge in [0.15, 0.2) is 9.84 Å². The average molecular weight is 371 g/mol. The zero-order valence-corrected chi connectivity index (χ0v) is 13.9. The molecule has 1 amide bonds. The molecule has 7 heteroatoms. The number of carbonyl (C=O) groups is 1. The summed E-state index contributed by atoms with van der Waals surface area (Å²) in [5, 5.41) is 3.79. The average Bonchev–Trinajstić information content (AvgIpc) is 2.89. The number of carbonyl (C=O) groups excluding carboxylic acids is 1. The van der Waals surface area contributed by atoms with Gasteiger partial charge in [0.1, 0.15) is 5.69 Å². The number of amides is 1.